The highest BCUT2D eigenvalue weighted by Gasteiger charge is 2.10. The molecular formula is C15H11FN4O. The van der Waals surface area contributed by atoms with Crippen LogP contribution >= 0.6 is 0 Å². The van der Waals surface area contributed by atoms with E-state index < -0.39 is 0 Å². The molecule has 1 N–H and O–H groups in total. The molecule has 0 unspecified atom stereocenters. The van der Waals surface area contributed by atoms with E-state index in [1.54, 1.807) is 29.2 Å². The fourth-order valence-electron chi connectivity index (χ4n) is 1.91. The van der Waals surface area contributed by atoms with Crippen LogP contribution in [0.2, 0.25) is 0 Å². The molecule has 21 heavy (non-hydrogen) atoms. The van der Waals surface area contributed by atoms with Crippen LogP contribution in [0.5, 0.6) is 0 Å². The molecule has 6 heteroatoms. The number of anilines is 1. The fourth-order valence-corrected chi connectivity index (χ4v) is 1.91. The van der Waals surface area contributed by atoms with Crippen LogP contribution in [0.15, 0.2) is 60.9 Å². The quantitative estimate of drug-likeness (QED) is 0.803. The van der Waals surface area contributed by atoms with E-state index in [9.17, 15) is 9.18 Å². The van der Waals surface area contributed by atoms with Crippen LogP contribution in [0, 0.1) is 5.82 Å². The van der Waals surface area contributed by atoms with E-state index >= 15 is 0 Å². The molecule has 0 radical (unpaired) electrons. The molecule has 0 saturated heterocycles. The van der Waals surface area contributed by atoms with Gasteiger partial charge >= 0.3 is 0 Å². The lowest BCUT2D eigenvalue weighted by Crippen LogP contribution is -2.14. The fraction of sp³-hybridized carbons (Fsp3) is 0. The Labute approximate surface area is 120 Å². The van der Waals surface area contributed by atoms with E-state index in [4.69, 9.17) is 0 Å². The van der Waals surface area contributed by atoms with Gasteiger partial charge in [-0.05, 0) is 36.4 Å². The Morgan fingerprint density at radius 1 is 1.10 bits per heavy atom. The van der Waals surface area contributed by atoms with E-state index in [-0.39, 0.29) is 11.7 Å². The molecule has 2 aromatic carbocycles. The van der Waals surface area contributed by atoms with Gasteiger partial charge in [-0.15, -0.1) is 5.10 Å². The monoisotopic (exact) mass is 282 g/mol. The highest BCUT2D eigenvalue weighted by molar-refractivity contribution is 6.05. The van der Waals surface area contributed by atoms with Crippen LogP contribution in [-0.4, -0.2) is 20.9 Å². The molecule has 0 aliphatic rings. The van der Waals surface area contributed by atoms with Crippen molar-refractivity contribution in [1.82, 2.24) is 15.0 Å². The topological polar surface area (TPSA) is 59.8 Å². The van der Waals surface area contributed by atoms with Gasteiger partial charge in [0.25, 0.3) is 5.91 Å². The Hall–Kier alpha value is -3.02. The van der Waals surface area contributed by atoms with Crippen molar-refractivity contribution in [3.63, 3.8) is 0 Å². The van der Waals surface area contributed by atoms with Crippen molar-refractivity contribution < 1.29 is 9.18 Å². The SMILES string of the molecule is O=C(Nc1ccccc1-n1ccnn1)c1ccc(F)cc1. The molecule has 104 valence electrons. The molecule has 3 aromatic rings. The third-order valence-electron chi connectivity index (χ3n) is 2.93. The van der Waals surface area contributed by atoms with Crippen LogP contribution in [-0.2, 0) is 0 Å². The second-order valence-electron chi connectivity index (χ2n) is 4.33. The lowest BCUT2D eigenvalue weighted by Gasteiger charge is -2.10. The average molecular weight is 282 g/mol. The molecule has 1 amide bonds. The van der Waals surface area contributed by atoms with Crippen LogP contribution in [0.3, 0.4) is 0 Å². The summed E-state index contributed by atoms with van der Waals surface area (Å²) in [5, 5.41) is 10.4. The van der Waals surface area contributed by atoms with Crippen LogP contribution in [0.25, 0.3) is 5.69 Å². The summed E-state index contributed by atoms with van der Waals surface area (Å²) in [5.74, 6) is -0.697. The highest BCUT2D eigenvalue weighted by atomic mass is 19.1. The Morgan fingerprint density at radius 2 is 1.86 bits per heavy atom. The van der Waals surface area contributed by atoms with E-state index in [1.807, 2.05) is 12.1 Å². The molecule has 3 rings (SSSR count). The Bertz CT molecular complexity index is 754. The van der Waals surface area contributed by atoms with Gasteiger partial charge < -0.3 is 5.32 Å². The maximum Gasteiger partial charge on any atom is 0.255 e. The highest BCUT2D eigenvalue weighted by Crippen LogP contribution is 2.19. The largest absolute Gasteiger partial charge is 0.320 e. The second-order valence-corrected chi connectivity index (χ2v) is 4.33. The number of hydrogen-bond donors (Lipinski definition) is 1. The van der Waals surface area contributed by atoms with Crippen molar-refractivity contribution in [3.8, 4) is 5.69 Å². The van der Waals surface area contributed by atoms with Gasteiger partial charge in [0.05, 0.1) is 23.8 Å². The van der Waals surface area contributed by atoms with E-state index in [1.165, 1.54) is 24.3 Å². The summed E-state index contributed by atoms with van der Waals surface area (Å²) in [6.45, 7) is 0. The van der Waals surface area contributed by atoms with Crippen LogP contribution in [0.4, 0.5) is 10.1 Å². The van der Waals surface area contributed by atoms with E-state index in [0.717, 1.165) is 0 Å². The summed E-state index contributed by atoms with van der Waals surface area (Å²) in [6.07, 6.45) is 3.24. The average Bonchev–Trinajstić information content (AvgIpc) is 3.02. The minimum atomic E-state index is -0.380. The van der Waals surface area contributed by atoms with E-state index in [2.05, 4.69) is 15.6 Å². The molecule has 0 saturated carbocycles. The number of hydrogen-bond acceptors (Lipinski definition) is 3. The first-order valence-corrected chi connectivity index (χ1v) is 6.27. The number of nitrogens with one attached hydrogen (secondary N) is 1. The molecule has 0 bridgehead atoms. The number of amides is 1. The second kappa shape index (κ2) is 5.54. The van der Waals surface area contributed by atoms with Gasteiger partial charge in [-0.25, -0.2) is 9.07 Å². The van der Waals surface area contributed by atoms with Crippen molar-refractivity contribution in [2.24, 2.45) is 0 Å². The minimum Gasteiger partial charge on any atom is -0.320 e. The molecule has 0 aliphatic carbocycles. The van der Waals surface area contributed by atoms with Crippen molar-refractivity contribution in [2.75, 3.05) is 5.32 Å². The van der Waals surface area contributed by atoms with Crippen molar-refractivity contribution in [3.05, 3.63) is 72.3 Å². The van der Waals surface area contributed by atoms with Crippen molar-refractivity contribution >= 4 is 11.6 Å². The Morgan fingerprint density at radius 3 is 2.57 bits per heavy atom. The number of carbonyl (C=O) groups is 1. The van der Waals surface area contributed by atoms with Crippen LogP contribution in [0.1, 0.15) is 10.4 Å². The van der Waals surface area contributed by atoms with Crippen LogP contribution < -0.4 is 5.32 Å². The third kappa shape index (κ3) is 2.79. The number of benzene rings is 2. The molecule has 5 nitrogen and oxygen atoms in total. The zero-order valence-electron chi connectivity index (χ0n) is 10.9. The zero-order valence-corrected chi connectivity index (χ0v) is 10.9. The molecule has 0 atom stereocenters. The standard InChI is InChI=1S/C15H11FN4O/c16-12-7-5-11(6-8-12)15(21)18-13-3-1-2-4-14(13)20-10-9-17-19-20/h1-10H,(H,18,21). The molecule has 1 heterocycles. The normalized spacial score (nSPS) is 10.3. The van der Waals surface area contributed by atoms with E-state index in [0.29, 0.717) is 16.9 Å². The van der Waals surface area contributed by atoms with Gasteiger partial charge in [0.2, 0.25) is 0 Å². The number of halogens is 1. The van der Waals surface area contributed by atoms with Gasteiger partial charge in [-0.1, -0.05) is 17.3 Å². The van der Waals surface area contributed by atoms with Gasteiger partial charge in [0.1, 0.15) is 5.82 Å². The van der Waals surface area contributed by atoms with Gasteiger partial charge in [-0.2, -0.15) is 0 Å². The number of nitrogens with zero attached hydrogens (tertiary/aromatic N) is 3. The van der Waals surface area contributed by atoms with Gasteiger partial charge in [0.15, 0.2) is 0 Å². The molecule has 0 fully saturated rings. The summed E-state index contributed by atoms with van der Waals surface area (Å²) in [4.78, 5) is 12.2. The van der Waals surface area contributed by atoms with Gasteiger partial charge in [-0.3, -0.25) is 4.79 Å². The lowest BCUT2D eigenvalue weighted by molar-refractivity contribution is 0.102. The molecule has 0 spiro atoms. The van der Waals surface area contributed by atoms with Crippen molar-refractivity contribution in [2.45, 2.75) is 0 Å². The number of carbonyl (C=O) groups excluding carboxylic acids is 1. The lowest BCUT2D eigenvalue weighted by atomic mass is 10.2. The minimum absolute atomic E-state index is 0.317. The van der Waals surface area contributed by atoms with Gasteiger partial charge in [0, 0.05) is 5.56 Å². The predicted molar refractivity (Wildman–Crippen MR) is 75.7 cm³/mol. The smallest absolute Gasteiger partial charge is 0.255 e. The first kappa shape index (κ1) is 13.0. The predicted octanol–water partition coefficient (Wildman–Crippen LogP) is 2.66. The number of para-hydroxylation sites is 2. The molecule has 0 aliphatic heterocycles. The maximum absolute atomic E-state index is 12.9. The Balaban J connectivity index is 1.88. The Kier molecular flexibility index (Phi) is 3.42. The molecular weight excluding hydrogens is 271 g/mol. The summed E-state index contributed by atoms with van der Waals surface area (Å²) in [7, 11) is 0. The summed E-state index contributed by atoms with van der Waals surface area (Å²) >= 11 is 0. The third-order valence-corrected chi connectivity index (χ3v) is 2.93. The first-order chi connectivity index (χ1) is 10.2. The maximum atomic E-state index is 12.9. The molecule has 1 aromatic heterocycles. The first-order valence-electron chi connectivity index (χ1n) is 6.27. The summed E-state index contributed by atoms with van der Waals surface area (Å²) in [5.41, 5.74) is 1.67. The number of rotatable bonds is 3. The number of aromatic nitrogens is 3. The zero-order chi connectivity index (χ0) is 14.7. The summed E-state index contributed by atoms with van der Waals surface area (Å²) < 4.78 is 14.4. The summed E-state index contributed by atoms with van der Waals surface area (Å²) in [6, 6.07) is 12.6. The van der Waals surface area contributed by atoms with Crippen molar-refractivity contribution in [1.29, 1.82) is 0 Å².